The van der Waals surface area contributed by atoms with E-state index in [-0.39, 0.29) is 0 Å². The highest BCUT2D eigenvalue weighted by atomic mass is 28.4. The average molecular weight is 387 g/mol. The van der Waals surface area contributed by atoms with Crippen LogP contribution in [-0.2, 0) is 8.85 Å². The molecule has 0 atom stereocenters. The molecule has 0 heterocycles. The second-order valence-corrected chi connectivity index (χ2v) is 11.3. The summed E-state index contributed by atoms with van der Waals surface area (Å²) in [6.45, 7) is 10.4. The van der Waals surface area contributed by atoms with Gasteiger partial charge >= 0.3 is 8.56 Å². The topological polar surface area (TPSA) is 18.5 Å². The summed E-state index contributed by atoms with van der Waals surface area (Å²) >= 11 is 0. The van der Waals surface area contributed by atoms with Crippen molar-refractivity contribution in [1.29, 1.82) is 0 Å². The molecule has 0 radical (unpaired) electrons. The van der Waals surface area contributed by atoms with E-state index >= 15 is 0 Å². The molecule has 0 aromatic rings. The van der Waals surface area contributed by atoms with Gasteiger partial charge in [-0.05, 0) is 25.9 Å². The van der Waals surface area contributed by atoms with Crippen molar-refractivity contribution in [1.82, 2.24) is 0 Å². The van der Waals surface area contributed by atoms with Crippen molar-refractivity contribution in [3.63, 3.8) is 0 Å². The Morgan fingerprint density at radius 3 is 1.15 bits per heavy atom. The van der Waals surface area contributed by atoms with Crippen molar-refractivity contribution < 1.29 is 8.85 Å². The second-order valence-electron chi connectivity index (χ2n) is 7.87. The number of hydrogen-bond acceptors (Lipinski definition) is 2. The highest BCUT2D eigenvalue weighted by molar-refractivity contribution is 6.67. The van der Waals surface area contributed by atoms with Crippen LogP contribution in [0.15, 0.2) is 0 Å². The van der Waals surface area contributed by atoms with E-state index in [1.807, 2.05) is 0 Å². The van der Waals surface area contributed by atoms with Crippen LogP contribution >= 0.6 is 0 Å². The van der Waals surface area contributed by atoms with Crippen molar-refractivity contribution in [2.24, 2.45) is 0 Å². The van der Waals surface area contributed by atoms with Gasteiger partial charge in [0.25, 0.3) is 0 Å². The molecule has 0 aliphatic heterocycles. The van der Waals surface area contributed by atoms with Gasteiger partial charge in [0.2, 0.25) is 0 Å². The maximum absolute atomic E-state index is 6.20. The molecule has 0 N–H and O–H groups in total. The second kappa shape index (κ2) is 19.9. The van der Waals surface area contributed by atoms with E-state index in [4.69, 9.17) is 8.85 Å². The number of hydrogen-bond donors (Lipinski definition) is 0. The molecular formula is C23H50O2Si. The molecule has 0 rings (SSSR count). The standard InChI is InChI=1S/C23H50O2Si/c1-5-9-11-12-13-14-15-16-17-18-19-20-21-23-26(24-7-3,25-8-4)22-10-6-2/h5-23H2,1-4H3. The molecule has 0 aliphatic carbocycles. The molecule has 0 spiro atoms. The quantitative estimate of drug-likeness (QED) is 0.146. The minimum absolute atomic E-state index is 0.814. The van der Waals surface area contributed by atoms with Crippen LogP contribution in [0.4, 0.5) is 0 Å². The summed E-state index contributed by atoms with van der Waals surface area (Å²) in [6, 6.07) is 2.38. The zero-order valence-corrected chi connectivity index (χ0v) is 19.8. The predicted molar refractivity (Wildman–Crippen MR) is 119 cm³/mol. The molecule has 0 bridgehead atoms. The Kier molecular flexibility index (Phi) is 20.0. The van der Waals surface area contributed by atoms with Crippen LogP contribution in [-0.4, -0.2) is 21.8 Å². The van der Waals surface area contributed by atoms with E-state index in [0.717, 1.165) is 13.2 Å². The smallest absolute Gasteiger partial charge is 0.338 e. The lowest BCUT2D eigenvalue weighted by Crippen LogP contribution is -2.42. The fourth-order valence-electron chi connectivity index (χ4n) is 3.84. The zero-order valence-electron chi connectivity index (χ0n) is 18.8. The van der Waals surface area contributed by atoms with Crippen molar-refractivity contribution in [3.05, 3.63) is 0 Å². The first kappa shape index (κ1) is 26.1. The summed E-state index contributed by atoms with van der Waals surface area (Å²) in [5, 5.41) is 0. The third-order valence-corrected chi connectivity index (χ3v) is 9.25. The number of rotatable bonds is 21. The zero-order chi connectivity index (χ0) is 19.3. The Morgan fingerprint density at radius 1 is 0.423 bits per heavy atom. The summed E-state index contributed by atoms with van der Waals surface area (Å²) < 4.78 is 12.4. The molecule has 0 aromatic carbocycles. The van der Waals surface area contributed by atoms with Gasteiger partial charge < -0.3 is 8.85 Å². The van der Waals surface area contributed by atoms with Gasteiger partial charge in [0.15, 0.2) is 0 Å². The Hall–Kier alpha value is 0.137. The Morgan fingerprint density at radius 2 is 0.769 bits per heavy atom. The van der Waals surface area contributed by atoms with Gasteiger partial charge in [0, 0.05) is 13.2 Å². The molecular weight excluding hydrogens is 336 g/mol. The minimum atomic E-state index is -1.92. The maximum atomic E-state index is 6.20. The normalized spacial score (nSPS) is 12.0. The molecule has 0 saturated carbocycles. The largest absolute Gasteiger partial charge is 0.394 e. The third kappa shape index (κ3) is 15.2. The molecule has 0 amide bonds. The summed E-state index contributed by atoms with van der Waals surface area (Å²) in [6.07, 6.45) is 20.9. The molecule has 26 heavy (non-hydrogen) atoms. The van der Waals surface area contributed by atoms with Crippen molar-refractivity contribution in [2.45, 2.75) is 136 Å². The van der Waals surface area contributed by atoms with Crippen LogP contribution in [0.5, 0.6) is 0 Å². The van der Waals surface area contributed by atoms with Crippen LogP contribution in [0, 0.1) is 0 Å². The molecule has 158 valence electrons. The number of unbranched alkanes of at least 4 members (excludes halogenated alkanes) is 13. The van der Waals surface area contributed by atoms with Crippen LogP contribution in [0.2, 0.25) is 12.1 Å². The first-order chi connectivity index (χ1) is 12.7. The third-order valence-electron chi connectivity index (χ3n) is 5.39. The Bertz CT molecular complexity index is 265. The van der Waals surface area contributed by atoms with E-state index in [1.165, 1.54) is 108 Å². The summed E-state index contributed by atoms with van der Waals surface area (Å²) in [5.41, 5.74) is 0. The van der Waals surface area contributed by atoms with E-state index in [2.05, 4.69) is 27.7 Å². The highest BCUT2D eigenvalue weighted by Crippen LogP contribution is 2.25. The van der Waals surface area contributed by atoms with Gasteiger partial charge in [0.05, 0.1) is 0 Å². The lowest BCUT2D eigenvalue weighted by molar-refractivity contribution is 0.180. The van der Waals surface area contributed by atoms with Crippen LogP contribution in [0.3, 0.4) is 0 Å². The lowest BCUT2D eigenvalue weighted by atomic mass is 10.1. The van der Waals surface area contributed by atoms with Gasteiger partial charge in [-0.2, -0.15) is 0 Å². The molecule has 0 aliphatic rings. The predicted octanol–water partition coefficient (Wildman–Crippen LogP) is 8.39. The molecule has 0 fully saturated rings. The lowest BCUT2D eigenvalue weighted by Gasteiger charge is -2.30. The van der Waals surface area contributed by atoms with Crippen molar-refractivity contribution in [3.8, 4) is 0 Å². The average Bonchev–Trinajstić information content (AvgIpc) is 2.64. The van der Waals surface area contributed by atoms with Crippen LogP contribution in [0.1, 0.15) is 124 Å². The summed E-state index contributed by atoms with van der Waals surface area (Å²) in [4.78, 5) is 0. The minimum Gasteiger partial charge on any atom is -0.394 e. The molecule has 3 heteroatoms. The van der Waals surface area contributed by atoms with Gasteiger partial charge in [-0.25, -0.2) is 0 Å². The highest BCUT2D eigenvalue weighted by Gasteiger charge is 2.35. The van der Waals surface area contributed by atoms with E-state index in [0.29, 0.717) is 0 Å². The van der Waals surface area contributed by atoms with Crippen molar-refractivity contribution >= 4 is 8.56 Å². The van der Waals surface area contributed by atoms with E-state index in [1.54, 1.807) is 0 Å². The molecule has 0 aromatic heterocycles. The van der Waals surface area contributed by atoms with Gasteiger partial charge in [0.1, 0.15) is 0 Å². The first-order valence-electron chi connectivity index (χ1n) is 12.0. The van der Waals surface area contributed by atoms with Crippen LogP contribution < -0.4 is 0 Å². The summed E-state index contributed by atoms with van der Waals surface area (Å²) in [7, 11) is -1.92. The van der Waals surface area contributed by atoms with Crippen molar-refractivity contribution in [2.75, 3.05) is 13.2 Å². The molecule has 0 unspecified atom stereocenters. The molecule has 0 saturated heterocycles. The maximum Gasteiger partial charge on any atom is 0.338 e. The monoisotopic (exact) mass is 386 g/mol. The van der Waals surface area contributed by atoms with Gasteiger partial charge in [-0.3, -0.25) is 0 Å². The molecule has 2 nitrogen and oxygen atoms in total. The fourth-order valence-corrected chi connectivity index (χ4v) is 7.48. The van der Waals surface area contributed by atoms with E-state index in [9.17, 15) is 0 Å². The Balaban J connectivity index is 3.65. The Labute approximate surface area is 167 Å². The first-order valence-corrected chi connectivity index (χ1v) is 14.3. The summed E-state index contributed by atoms with van der Waals surface area (Å²) in [5.74, 6) is 0. The van der Waals surface area contributed by atoms with Crippen LogP contribution in [0.25, 0.3) is 0 Å². The van der Waals surface area contributed by atoms with E-state index < -0.39 is 8.56 Å². The van der Waals surface area contributed by atoms with Gasteiger partial charge in [-0.15, -0.1) is 0 Å². The fraction of sp³-hybridized carbons (Fsp3) is 1.00. The van der Waals surface area contributed by atoms with Gasteiger partial charge in [-0.1, -0.05) is 110 Å². The SMILES string of the molecule is CCCCCCCCCCCCCCC[Si](CCCC)(OCC)OCC.